The maximum Gasteiger partial charge on any atom is 0.392 e. The Hall–Kier alpha value is -1.99. The van der Waals surface area contributed by atoms with Gasteiger partial charge >= 0.3 is 6.18 Å². The summed E-state index contributed by atoms with van der Waals surface area (Å²) in [7, 11) is 2.91. The topological polar surface area (TPSA) is 48.7 Å². The standard InChI is InChI=1S/C13H14F3N3O2/c1-20-10-6-11(21-2)19-9-5-7(13(14,15)16)3-4-8(9)17-12(19)18-10/h6-7H,3-5H2,1-2H3. The van der Waals surface area contributed by atoms with E-state index >= 15 is 0 Å². The van der Waals surface area contributed by atoms with Gasteiger partial charge < -0.3 is 9.47 Å². The largest absolute Gasteiger partial charge is 0.482 e. The number of ether oxygens (including phenoxy) is 2. The van der Waals surface area contributed by atoms with Gasteiger partial charge in [-0.1, -0.05) is 0 Å². The number of alkyl halides is 3. The number of nitrogens with zero attached hydrogens (tertiary/aromatic N) is 3. The molecule has 0 fully saturated rings. The van der Waals surface area contributed by atoms with Crippen molar-refractivity contribution in [1.82, 2.24) is 14.4 Å². The lowest BCUT2D eigenvalue weighted by Gasteiger charge is -2.24. The predicted octanol–water partition coefficient (Wildman–Crippen LogP) is 2.41. The summed E-state index contributed by atoms with van der Waals surface area (Å²) in [5, 5.41) is 0. The van der Waals surface area contributed by atoms with Crippen molar-refractivity contribution in [3.63, 3.8) is 0 Å². The Balaban J connectivity index is 2.14. The van der Waals surface area contributed by atoms with Crippen LogP contribution in [0.3, 0.4) is 0 Å². The third-order valence-corrected chi connectivity index (χ3v) is 3.77. The molecule has 0 spiro atoms. The van der Waals surface area contributed by atoms with Crippen LogP contribution in [0.2, 0.25) is 0 Å². The lowest BCUT2D eigenvalue weighted by Crippen LogP contribution is -2.29. The number of rotatable bonds is 2. The fourth-order valence-corrected chi connectivity index (χ4v) is 2.68. The summed E-state index contributed by atoms with van der Waals surface area (Å²) in [6.45, 7) is 0. The number of aromatic nitrogens is 3. The Labute approximate surface area is 118 Å². The molecule has 3 rings (SSSR count). The highest BCUT2D eigenvalue weighted by molar-refractivity contribution is 5.44. The van der Waals surface area contributed by atoms with Crippen molar-refractivity contribution >= 4 is 5.78 Å². The molecule has 0 amide bonds. The number of hydrogen-bond donors (Lipinski definition) is 0. The van der Waals surface area contributed by atoms with Crippen molar-refractivity contribution in [1.29, 1.82) is 0 Å². The van der Waals surface area contributed by atoms with E-state index in [1.54, 1.807) is 0 Å². The average Bonchev–Trinajstić information content (AvgIpc) is 2.82. The first-order chi connectivity index (χ1) is 9.94. The molecule has 0 aliphatic heterocycles. The van der Waals surface area contributed by atoms with Crippen LogP contribution in [0.5, 0.6) is 11.8 Å². The molecular formula is C13H14F3N3O2. The molecule has 2 heterocycles. The molecule has 0 radical (unpaired) electrons. The van der Waals surface area contributed by atoms with Gasteiger partial charge in [0.2, 0.25) is 17.5 Å². The zero-order chi connectivity index (χ0) is 15.2. The highest BCUT2D eigenvalue weighted by Crippen LogP contribution is 2.38. The molecule has 21 heavy (non-hydrogen) atoms. The van der Waals surface area contributed by atoms with Crippen LogP contribution < -0.4 is 9.47 Å². The molecule has 1 aliphatic rings. The molecule has 1 atom stereocenters. The van der Waals surface area contributed by atoms with Gasteiger partial charge in [-0.25, -0.2) is 4.98 Å². The number of imidazole rings is 1. The third kappa shape index (κ3) is 2.28. The summed E-state index contributed by atoms with van der Waals surface area (Å²) in [4.78, 5) is 8.47. The Morgan fingerprint density at radius 3 is 2.62 bits per heavy atom. The number of aryl methyl sites for hydroxylation is 1. The first kappa shape index (κ1) is 14.0. The second kappa shape index (κ2) is 4.78. The van der Waals surface area contributed by atoms with Crippen LogP contribution in [0.15, 0.2) is 6.07 Å². The molecule has 0 saturated carbocycles. The van der Waals surface area contributed by atoms with Gasteiger partial charge in [0.1, 0.15) is 0 Å². The van der Waals surface area contributed by atoms with Gasteiger partial charge in [-0.05, 0) is 12.8 Å². The predicted molar refractivity (Wildman–Crippen MR) is 67.7 cm³/mol. The minimum Gasteiger partial charge on any atom is -0.482 e. The third-order valence-electron chi connectivity index (χ3n) is 3.77. The van der Waals surface area contributed by atoms with E-state index in [1.807, 2.05) is 0 Å². The minimum atomic E-state index is -4.20. The van der Waals surface area contributed by atoms with Crippen LogP contribution in [-0.4, -0.2) is 34.8 Å². The summed E-state index contributed by atoms with van der Waals surface area (Å²) in [6.07, 6.45) is -3.96. The first-order valence-corrected chi connectivity index (χ1v) is 6.50. The highest BCUT2D eigenvalue weighted by Gasteiger charge is 2.42. The van der Waals surface area contributed by atoms with Crippen LogP contribution in [0, 0.1) is 5.92 Å². The Bertz CT molecular complexity index is 681. The van der Waals surface area contributed by atoms with E-state index in [1.165, 1.54) is 24.7 Å². The quantitative estimate of drug-likeness (QED) is 0.854. The molecule has 2 aromatic rings. The number of fused-ring (bicyclic) bond motifs is 3. The van der Waals surface area contributed by atoms with E-state index in [0.717, 1.165) is 0 Å². The van der Waals surface area contributed by atoms with Gasteiger partial charge in [0.25, 0.3) is 0 Å². The number of halogens is 3. The van der Waals surface area contributed by atoms with Gasteiger partial charge in [-0.3, -0.25) is 4.40 Å². The average molecular weight is 301 g/mol. The number of hydrogen-bond acceptors (Lipinski definition) is 4. The molecule has 0 saturated heterocycles. The molecule has 0 N–H and O–H groups in total. The highest BCUT2D eigenvalue weighted by atomic mass is 19.4. The zero-order valence-corrected chi connectivity index (χ0v) is 11.6. The van der Waals surface area contributed by atoms with Crippen LogP contribution in [0.25, 0.3) is 5.78 Å². The smallest absolute Gasteiger partial charge is 0.392 e. The number of methoxy groups -OCH3 is 2. The van der Waals surface area contributed by atoms with Crippen LogP contribution in [-0.2, 0) is 12.8 Å². The lowest BCUT2D eigenvalue weighted by atomic mass is 9.89. The molecule has 0 bridgehead atoms. The Kier molecular flexibility index (Phi) is 3.18. The normalized spacial score (nSPS) is 18.6. The SMILES string of the molecule is COc1cc(OC)n2c3c(nc2n1)CCC(C(F)(F)F)C3. The van der Waals surface area contributed by atoms with Crippen LogP contribution >= 0.6 is 0 Å². The summed E-state index contributed by atoms with van der Waals surface area (Å²) in [5.74, 6) is -0.363. The van der Waals surface area contributed by atoms with Crippen molar-refractivity contribution in [2.45, 2.75) is 25.4 Å². The zero-order valence-electron chi connectivity index (χ0n) is 11.6. The van der Waals surface area contributed by atoms with Gasteiger partial charge in [0, 0.05) is 6.42 Å². The van der Waals surface area contributed by atoms with Crippen molar-refractivity contribution in [2.75, 3.05) is 14.2 Å². The van der Waals surface area contributed by atoms with Gasteiger partial charge in [-0.2, -0.15) is 18.2 Å². The fourth-order valence-electron chi connectivity index (χ4n) is 2.68. The van der Waals surface area contributed by atoms with Crippen LogP contribution in [0.1, 0.15) is 17.8 Å². The molecular weight excluding hydrogens is 287 g/mol. The van der Waals surface area contributed by atoms with Gasteiger partial charge in [0.05, 0.1) is 37.6 Å². The van der Waals surface area contributed by atoms with E-state index in [9.17, 15) is 13.2 Å². The maximum absolute atomic E-state index is 12.9. The Morgan fingerprint density at radius 1 is 1.24 bits per heavy atom. The molecule has 1 unspecified atom stereocenters. The maximum atomic E-state index is 12.9. The molecule has 5 nitrogen and oxygen atoms in total. The Morgan fingerprint density at radius 2 is 2.00 bits per heavy atom. The summed E-state index contributed by atoms with van der Waals surface area (Å²) in [5.41, 5.74) is 1.17. The summed E-state index contributed by atoms with van der Waals surface area (Å²) < 4.78 is 50.7. The summed E-state index contributed by atoms with van der Waals surface area (Å²) in [6, 6.07) is 1.53. The van der Waals surface area contributed by atoms with Gasteiger partial charge in [0.15, 0.2) is 0 Å². The molecule has 2 aromatic heterocycles. The van der Waals surface area contributed by atoms with E-state index < -0.39 is 12.1 Å². The second-order valence-corrected chi connectivity index (χ2v) is 4.96. The van der Waals surface area contributed by atoms with E-state index in [0.29, 0.717) is 28.9 Å². The lowest BCUT2D eigenvalue weighted by molar-refractivity contribution is -0.177. The first-order valence-electron chi connectivity index (χ1n) is 6.50. The van der Waals surface area contributed by atoms with E-state index in [2.05, 4.69) is 9.97 Å². The fraction of sp³-hybridized carbons (Fsp3) is 0.538. The molecule has 0 aromatic carbocycles. The van der Waals surface area contributed by atoms with Crippen LogP contribution in [0.4, 0.5) is 13.2 Å². The second-order valence-electron chi connectivity index (χ2n) is 4.96. The molecule has 1 aliphatic carbocycles. The molecule has 8 heteroatoms. The molecule has 114 valence electrons. The summed E-state index contributed by atoms with van der Waals surface area (Å²) >= 11 is 0. The van der Waals surface area contributed by atoms with Crippen molar-refractivity contribution in [2.24, 2.45) is 5.92 Å². The van der Waals surface area contributed by atoms with Crippen molar-refractivity contribution in [3.05, 3.63) is 17.5 Å². The van der Waals surface area contributed by atoms with E-state index in [-0.39, 0.29) is 19.3 Å². The van der Waals surface area contributed by atoms with Gasteiger partial charge in [-0.15, -0.1) is 0 Å². The minimum absolute atomic E-state index is 0.0554. The monoisotopic (exact) mass is 301 g/mol. The van der Waals surface area contributed by atoms with Crippen molar-refractivity contribution < 1.29 is 22.6 Å². The van der Waals surface area contributed by atoms with Crippen molar-refractivity contribution in [3.8, 4) is 11.8 Å². The van der Waals surface area contributed by atoms with E-state index in [4.69, 9.17) is 9.47 Å².